The first kappa shape index (κ1) is 12.3. The van der Waals surface area contributed by atoms with Crippen LogP contribution in [0.1, 0.15) is 29.5 Å². The van der Waals surface area contributed by atoms with E-state index in [1.54, 1.807) is 0 Å². The molecule has 2 aromatic carbocycles. The number of hydrogen-bond acceptors (Lipinski definition) is 1. The third-order valence-electron chi connectivity index (χ3n) is 3.92. The molecule has 3 rings (SSSR count). The minimum absolute atomic E-state index is 0.0119. The lowest BCUT2D eigenvalue weighted by molar-refractivity contribution is 0.399. The van der Waals surface area contributed by atoms with Crippen LogP contribution < -0.4 is 5.73 Å². The molecule has 0 radical (unpaired) electrons. The SMILES string of the molecule is NC1(c2c(F)cccc2F)CCCc2ccccc21. The predicted molar refractivity (Wildman–Crippen MR) is 70.7 cm³/mol. The van der Waals surface area contributed by atoms with Gasteiger partial charge in [-0.15, -0.1) is 0 Å². The van der Waals surface area contributed by atoms with Crippen LogP contribution in [-0.4, -0.2) is 0 Å². The molecule has 19 heavy (non-hydrogen) atoms. The topological polar surface area (TPSA) is 26.0 Å². The van der Waals surface area contributed by atoms with Crippen molar-refractivity contribution in [3.05, 3.63) is 70.8 Å². The average Bonchev–Trinajstić information content (AvgIpc) is 2.39. The second-order valence-corrected chi connectivity index (χ2v) is 5.08. The van der Waals surface area contributed by atoms with E-state index in [0.717, 1.165) is 24.0 Å². The fourth-order valence-corrected chi connectivity index (χ4v) is 3.05. The van der Waals surface area contributed by atoms with E-state index in [-0.39, 0.29) is 5.56 Å². The molecule has 0 aliphatic heterocycles. The van der Waals surface area contributed by atoms with E-state index in [1.165, 1.54) is 18.2 Å². The zero-order valence-corrected chi connectivity index (χ0v) is 10.5. The molecule has 1 nitrogen and oxygen atoms in total. The molecule has 0 bridgehead atoms. The normalized spacial score (nSPS) is 22.1. The third kappa shape index (κ3) is 1.85. The Kier molecular flexibility index (Phi) is 2.86. The number of rotatable bonds is 1. The quantitative estimate of drug-likeness (QED) is 0.833. The summed E-state index contributed by atoms with van der Waals surface area (Å²) in [5, 5.41) is 0. The van der Waals surface area contributed by atoms with Crippen molar-refractivity contribution >= 4 is 0 Å². The molecule has 0 amide bonds. The van der Waals surface area contributed by atoms with Gasteiger partial charge in [-0.2, -0.15) is 0 Å². The second-order valence-electron chi connectivity index (χ2n) is 5.08. The number of hydrogen-bond donors (Lipinski definition) is 1. The molecule has 0 saturated carbocycles. The van der Waals surface area contributed by atoms with Gasteiger partial charge in [0, 0.05) is 5.56 Å². The highest BCUT2D eigenvalue weighted by atomic mass is 19.1. The molecule has 98 valence electrons. The standard InChI is InChI=1S/C16H15F2N/c17-13-8-3-9-14(18)15(13)16(19)10-4-6-11-5-1-2-7-12(11)16/h1-3,5,7-9H,4,6,10,19H2. The van der Waals surface area contributed by atoms with Crippen LogP contribution in [0, 0.1) is 11.6 Å². The summed E-state index contributed by atoms with van der Waals surface area (Å²) >= 11 is 0. The molecule has 0 fully saturated rings. The highest BCUT2D eigenvalue weighted by Gasteiger charge is 2.38. The smallest absolute Gasteiger partial charge is 0.131 e. The minimum Gasteiger partial charge on any atom is -0.318 e. The van der Waals surface area contributed by atoms with Crippen molar-refractivity contribution in [1.29, 1.82) is 0 Å². The molecule has 0 saturated heterocycles. The van der Waals surface area contributed by atoms with E-state index < -0.39 is 17.2 Å². The van der Waals surface area contributed by atoms with Crippen LogP contribution in [0.5, 0.6) is 0 Å². The monoisotopic (exact) mass is 259 g/mol. The summed E-state index contributed by atoms with van der Waals surface area (Å²) in [6.07, 6.45) is 2.30. The number of benzene rings is 2. The number of fused-ring (bicyclic) bond motifs is 1. The zero-order valence-electron chi connectivity index (χ0n) is 10.5. The van der Waals surface area contributed by atoms with E-state index in [1.807, 2.05) is 24.3 Å². The van der Waals surface area contributed by atoms with Crippen molar-refractivity contribution in [3.8, 4) is 0 Å². The maximum Gasteiger partial charge on any atom is 0.131 e. The van der Waals surface area contributed by atoms with Crippen molar-refractivity contribution in [2.24, 2.45) is 5.73 Å². The Hall–Kier alpha value is -1.74. The molecule has 1 aliphatic carbocycles. The Labute approximate surface area is 111 Å². The van der Waals surface area contributed by atoms with Crippen LogP contribution in [0.15, 0.2) is 42.5 Å². The first-order valence-corrected chi connectivity index (χ1v) is 6.45. The van der Waals surface area contributed by atoms with Crippen molar-refractivity contribution in [1.82, 2.24) is 0 Å². The molecular formula is C16H15F2N. The summed E-state index contributed by atoms with van der Waals surface area (Å²) in [6.45, 7) is 0. The Bertz CT molecular complexity index is 604. The summed E-state index contributed by atoms with van der Waals surface area (Å²) in [4.78, 5) is 0. The lowest BCUT2D eigenvalue weighted by Crippen LogP contribution is -2.42. The van der Waals surface area contributed by atoms with E-state index in [2.05, 4.69) is 0 Å². The van der Waals surface area contributed by atoms with Crippen LogP contribution >= 0.6 is 0 Å². The summed E-state index contributed by atoms with van der Waals surface area (Å²) in [5.74, 6) is -1.14. The number of nitrogens with two attached hydrogens (primary N) is 1. The van der Waals surface area contributed by atoms with Crippen LogP contribution in [-0.2, 0) is 12.0 Å². The van der Waals surface area contributed by atoms with Crippen LogP contribution in [0.25, 0.3) is 0 Å². The van der Waals surface area contributed by atoms with Crippen molar-refractivity contribution in [2.45, 2.75) is 24.8 Å². The lowest BCUT2D eigenvalue weighted by atomic mass is 9.73. The average molecular weight is 259 g/mol. The van der Waals surface area contributed by atoms with Crippen molar-refractivity contribution in [2.75, 3.05) is 0 Å². The van der Waals surface area contributed by atoms with Gasteiger partial charge in [0.2, 0.25) is 0 Å². The van der Waals surface area contributed by atoms with Crippen molar-refractivity contribution < 1.29 is 8.78 Å². The van der Waals surface area contributed by atoms with Crippen LogP contribution in [0.4, 0.5) is 8.78 Å². The van der Waals surface area contributed by atoms with E-state index in [4.69, 9.17) is 5.73 Å². The predicted octanol–water partition coefficient (Wildman–Crippen LogP) is 3.50. The molecule has 1 atom stereocenters. The molecule has 0 aromatic heterocycles. The largest absolute Gasteiger partial charge is 0.318 e. The summed E-state index contributed by atoms with van der Waals surface area (Å²) in [7, 11) is 0. The van der Waals surface area contributed by atoms with Gasteiger partial charge < -0.3 is 5.73 Å². The summed E-state index contributed by atoms with van der Waals surface area (Å²) < 4.78 is 28.1. The molecule has 0 heterocycles. The van der Waals surface area contributed by atoms with Gasteiger partial charge in [-0.1, -0.05) is 30.3 Å². The molecule has 1 aliphatic rings. The number of aryl methyl sites for hydroxylation is 1. The Morgan fingerprint density at radius 3 is 2.37 bits per heavy atom. The van der Waals surface area contributed by atoms with Gasteiger partial charge in [0.25, 0.3) is 0 Å². The first-order chi connectivity index (χ1) is 9.13. The zero-order chi connectivity index (χ0) is 13.5. The Morgan fingerprint density at radius 1 is 0.947 bits per heavy atom. The lowest BCUT2D eigenvalue weighted by Gasteiger charge is -2.36. The molecular weight excluding hydrogens is 244 g/mol. The van der Waals surface area contributed by atoms with Gasteiger partial charge in [-0.05, 0) is 42.5 Å². The van der Waals surface area contributed by atoms with Gasteiger partial charge >= 0.3 is 0 Å². The Morgan fingerprint density at radius 2 is 1.63 bits per heavy atom. The van der Waals surface area contributed by atoms with E-state index in [9.17, 15) is 8.78 Å². The van der Waals surface area contributed by atoms with Crippen molar-refractivity contribution in [3.63, 3.8) is 0 Å². The summed E-state index contributed by atoms with van der Waals surface area (Å²) in [5.41, 5.74) is 7.26. The van der Waals surface area contributed by atoms with Gasteiger partial charge in [0.15, 0.2) is 0 Å². The fourth-order valence-electron chi connectivity index (χ4n) is 3.05. The van der Waals surface area contributed by atoms with Gasteiger partial charge in [-0.3, -0.25) is 0 Å². The Balaban J connectivity index is 2.25. The van der Waals surface area contributed by atoms with Gasteiger partial charge in [0.1, 0.15) is 11.6 Å². The van der Waals surface area contributed by atoms with Gasteiger partial charge in [0.05, 0.1) is 5.54 Å². The second kappa shape index (κ2) is 4.42. The van der Waals surface area contributed by atoms with Gasteiger partial charge in [-0.25, -0.2) is 8.78 Å². The molecule has 0 spiro atoms. The summed E-state index contributed by atoms with van der Waals surface area (Å²) in [6, 6.07) is 11.6. The van der Waals surface area contributed by atoms with E-state index >= 15 is 0 Å². The van der Waals surface area contributed by atoms with Crippen LogP contribution in [0.3, 0.4) is 0 Å². The third-order valence-corrected chi connectivity index (χ3v) is 3.92. The number of halogens is 2. The maximum atomic E-state index is 14.1. The molecule has 3 heteroatoms. The highest BCUT2D eigenvalue weighted by molar-refractivity contribution is 5.45. The van der Waals surface area contributed by atoms with E-state index in [0.29, 0.717) is 6.42 Å². The first-order valence-electron chi connectivity index (χ1n) is 6.45. The minimum atomic E-state index is -1.07. The fraction of sp³-hybridized carbons (Fsp3) is 0.250. The maximum absolute atomic E-state index is 14.1. The molecule has 2 aromatic rings. The highest BCUT2D eigenvalue weighted by Crippen LogP contribution is 2.40. The molecule has 1 unspecified atom stereocenters. The molecule has 2 N–H and O–H groups in total. The van der Waals surface area contributed by atoms with Crippen LogP contribution in [0.2, 0.25) is 0 Å².